The number of rotatable bonds is 8. The van der Waals surface area contributed by atoms with Crippen molar-refractivity contribution in [2.45, 2.75) is 24.8 Å². The molecule has 3 aliphatic rings. The lowest BCUT2D eigenvalue weighted by Gasteiger charge is -2.37. The summed E-state index contributed by atoms with van der Waals surface area (Å²) in [5.41, 5.74) is 24.7. The van der Waals surface area contributed by atoms with Crippen molar-refractivity contribution in [3.63, 3.8) is 0 Å². The molecule has 0 radical (unpaired) electrons. The van der Waals surface area contributed by atoms with Crippen molar-refractivity contribution in [2.75, 3.05) is 4.90 Å². The van der Waals surface area contributed by atoms with E-state index in [9.17, 15) is 0 Å². The molecule has 0 saturated heterocycles. The van der Waals surface area contributed by atoms with Crippen molar-refractivity contribution in [3.05, 3.63) is 348 Å². The molecule has 370 valence electrons. The van der Waals surface area contributed by atoms with Crippen LogP contribution in [0.15, 0.2) is 309 Å². The number of allylic oxidation sites excluding steroid dienone is 2. The largest absolute Gasteiger partial charge is 0.334 e. The Morgan fingerprint density at radius 2 is 0.949 bits per heavy atom. The molecular weight excluding hydrogens is 941 g/mol. The first-order chi connectivity index (χ1) is 38.6. The quantitative estimate of drug-likeness (QED) is 0.147. The molecule has 0 spiro atoms. The fraction of sp³-hybridized carbons (Fsp3) is 0.0526. The van der Waals surface area contributed by atoms with Gasteiger partial charge in [0, 0.05) is 33.2 Å². The second-order valence-electron chi connectivity index (χ2n) is 20.8. The van der Waals surface area contributed by atoms with Crippen molar-refractivity contribution >= 4 is 49.9 Å². The highest BCUT2D eigenvalue weighted by molar-refractivity contribution is 6.14. The average molecular weight is 997 g/mol. The summed E-state index contributed by atoms with van der Waals surface area (Å²) >= 11 is 0. The number of hydrogen-bond donors (Lipinski definition) is 0. The molecule has 0 bridgehead atoms. The summed E-state index contributed by atoms with van der Waals surface area (Å²) in [5, 5.41) is 2.51. The van der Waals surface area contributed by atoms with Gasteiger partial charge in [0.2, 0.25) is 0 Å². The molecule has 78 heavy (non-hydrogen) atoms. The third kappa shape index (κ3) is 7.96. The highest BCUT2D eigenvalue weighted by Crippen LogP contribution is 2.56. The maximum absolute atomic E-state index is 2.61. The van der Waals surface area contributed by atoms with Crippen LogP contribution in [-0.2, 0) is 5.41 Å². The maximum Gasteiger partial charge on any atom is 0.0563 e. The van der Waals surface area contributed by atoms with E-state index in [-0.39, 0.29) is 11.5 Å². The van der Waals surface area contributed by atoms with E-state index in [0.29, 0.717) is 0 Å². The molecule has 11 aromatic carbocycles. The minimum Gasteiger partial charge on any atom is -0.334 e. The molecule has 0 N–H and O–H groups in total. The van der Waals surface area contributed by atoms with Gasteiger partial charge in [0.1, 0.15) is 0 Å². The van der Waals surface area contributed by atoms with E-state index >= 15 is 0 Å². The summed E-state index contributed by atoms with van der Waals surface area (Å²) in [6, 6.07) is 106. The molecule has 3 aliphatic carbocycles. The van der Waals surface area contributed by atoms with E-state index < -0.39 is 0 Å². The van der Waals surface area contributed by atoms with Gasteiger partial charge in [0.15, 0.2) is 0 Å². The highest BCUT2D eigenvalue weighted by atomic mass is 15.2. The zero-order valence-corrected chi connectivity index (χ0v) is 43.5. The van der Waals surface area contributed by atoms with Gasteiger partial charge in [0.05, 0.1) is 17.1 Å². The van der Waals surface area contributed by atoms with Gasteiger partial charge < -0.3 is 9.47 Å². The number of nitrogens with zero attached hydrogens (tertiary/aromatic N) is 2. The minimum atomic E-state index is -0.310. The molecule has 12 aromatic rings. The molecule has 0 aliphatic heterocycles. The van der Waals surface area contributed by atoms with Crippen molar-refractivity contribution in [1.82, 2.24) is 4.57 Å². The number of fused-ring (bicyclic) bond motifs is 9. The average Bonchev–Trinajstić information content (AvgIpc) is 4.34. The van der Waals surface area contributed by atoms with Gasteiger partial charge in [-0.2, -0.15) is 0 Å². The first-order valence-electron chi connectivity index (χ1n) is 27.3. The third-order valence-electron chi connectivity index (χ3n) is 16.4. The lowest BCUT2D eigenvalue weighted by atomic mass is 9.72. The number of hydrogen-bond acceptors (Lipinski definition) is 1. The summed E-state index contributed by atoms with van der Waals surface area (Å²) in [4.78, 5) is 2.61. The molecule has 2 atom stereocenters. The van der Waals surface area contributed by atoms with E-state index in [0.717, 1.165) is 17.8 Å². The van der Waals surface area contributed by atoms with Crippen LogP contribution in [0.2, 0.25) is 0 Å². The lowest BCUT2D eigenvalue weighted by Crippen LogP contribution is -2.33. The van der Waals surface area contributed by atoms with Crippen LogP contribution < -0.4 is 4.90 Å². The second kappa shape index (κ2) is 19.7. The van der Waals surface area contributed by atoms with Gasteiger partial charge in [-0.25, -0.2) is 0 Å². The van der Waals surface area contributed by atoms with Gasteiger partial charge in [-0.1, -0.05) is 249 Å². The first kappa shape index (κ1) is 46.7. The summed E-state index contributed by atoms with van der Waals surface area (Å²) in [5.74, 6) is 0. The van der Waals surface area contributed by atoms with Crippen molar-refractivity contribution in [2.24, 2.45) is 0 Å². The van der Waals surface area contributed by atoms with Gasteiger partial charge in [0.25, 0.3) is 0 Å². The van der Waals surface area contributed by atoms with Gasteiger partial charge >= 0.3 is 0 Å². The van der Waals surface area contributed by atoms with Crippen molar-refractivity contribution in [1.29, 1.82) is 0 Å². The summed E-state index contributed by atoms with van der Waals surface area (Å²) < 4.78 is 2.39. The number of para-hydroxylation sites is 2. The molecule has 2 heteroatoms. The fourth-order valence-electron chi connectivity index (χ4n) is 12.8. The van der Waals surface area contributed by atoms with E-state index in [2.05, 4.69) is 283 Å². The Balaban J connectivity index is 0.000000864. The zero-order valence-electron chi connectivity index (χ0n) is 43.5. The normalized spacial score (nSPS) is 15.8. The van der Waals surface area contributed by atoms with E-state index in [1.54, 1.807) is 0 Å². The van der Waals surface area contributed by atoms with Crippen LogP contribution in [0.5, 0.6) is 0 Å². The Bertz CT molecular complexity index is 4200. The lowest BCUT2D eigenvalue weighted by molar-refractivity contribution is 0.688. The smallest absolute Gasteiger partial charge is 0.0563 e. The SMILES string of the molecule is CC1(c2ccccc2)C2=CC(N(c3ccc(-c4ccc5c(c4)c4ccccc4n5-c4ccccc4)cc3)c3ccc4c(c3)C(=C(c3ccccc3)c3ccccc3)c3ccccc3-4)CC=C2c2ccccc21.c1ccccc1. The monoisotopic (exact) mass is 996 g/mol. The second-order valence-corrected chi connectivity index (χ2v) is 20.8. The summed E-state index contributed by atoms with van der Waals surface area (Å²) in [7, 11) is 0. The first-order valence-corrected chi connectivity index (χ1v) is 27.3. The predicted molar refractivity (Wildman–Crippen MR) is 328 cm³/mol. The van der Waals surface area contributed by atoms with E-state index in [4.69, 9.17) is 0 Å². The van der Waals surface area contributed by atoms with Crippen LogP contribution in [0, 0.1) is 0 Å². The Morgan fingerprint density at radius 1 is 0.423 bits per heavy atom. The van der Waals surface area contributed by atoms with Crippen LogP contribution in [0.3, 0.4) is 0 Å². The topological polar surface area (TPSA) is 8.17 Å². The predicted octanol–water partition coefficient (Wildman–Crippen LogP) is 19.4. The highest BCUT2D eigenvalue weighted by Gasteiger charge is 2.45. The van der Waals surface area contributed by atoms with Gasteiger partial charge in [-0.3, -0.25) is 0 Å². The van der Waals surface area contributed by atoms with Gasteiger partial charge in [-0.15, -0.1) is 0 Å². The zero-order chi connectivity index (χ0) is 52.0. The Morgan fingerprint density at radius 3 is 1.64 bits per heavy atom. The standard InChI is InChI=1S/C70H50N2.C6H6/c1-70(51-24-10-4-11-25-51)64-32-18-16-29-58(64)59-42-40-55(46-65(59)70)71(53-37-34-47(35-38-53)50-36-43-67-62(44-50)60-30-17-19-33-66(60)72(67)52-26-12-5-13-27-52)54-39-41-57-56-28-14-15-31-61(56)69(63(57)45-54)68(48-20-6-2-7-21-48)49-22-8-3-9-23-49;1-2-4-6-5-3-1/h2-39,41-46,55H,40H2,1H3;1-6H. The minimum absolute atomic E-state index is 0.0318. The van der Waals surface area contributed by atoms with E-state index in [1.165, 1.54) is 111 Å². The molecule has 0 saturated carbocycles. The maximum atomic E-state index is 2.61. The molecule has 2 nitrogen and oxygen atoms in total. The molecule has 1 aromatic heterocycles. The Kier molecular flexibility index (Phi) is 11.8. The molecule has 0 amide bonds. The number of aromatic nitrogens is 1. The van der Waals surface area contributed by atoms with Crippen LogP contribution in [0.25, 0.3) is 66.5 Å². The fourth-order valence-corrected chi connectivity index (χ4v) is 12.8. The van der Waals surface area contributed by atoms with Crippen LogP contribution in [-0.4, -0.2) is 10.6 Å². The number of anilines is 2. The van der Waals surface area contributed by atoms with Gasteiger partial charge in [-0.05, 0) is 151 Å². The van der Waals surface area contributed by atoms with E-state index in [1.807, 2.05) is 36.4 Å². The molecule has 1 heterocycles. The molecule has 2 unspecified atom stereocenters. The third-order valence-corrected chi connectivity index (χ3v) is 16.4. The van der Waals surface area contributed by atoms with Crippen LogP contribution in [0.4, 0.5) is 11.4 Å². The van der Waals surface area contributed by atoms with Crippen molar-refractivity contribution in [3.8, 4) is 27.9 Å². The molecule has 0 fully saturated rings. The molecule has 15 rings (SSSR count). The Hall–Kier alpha value is -9.76. The van der Waals surface area contributed by atoms with Crippen LogP contribution in [0.1, 0.15) is 52.3 Å². The Labute approximate surface area is 457 Å². The van der Waals surface area contributed by atoms with Crippen molar-refractivity contribution < 1.29 is 0 Å². The summed E-state index contributed by atoms with van der Waals surface area (Å²) in [6.45, 7) is 2.43. The van der Waals surface area contributed by atoms with Crippen LogP contribution >= 0.6 is 0 Å². The molecular formula is C76H56N2. The number of benzene rings is 11. The summed E-state index contributed by atoms with van der Waals surface area (Å²) in [6.07, 6.45) is 5.99.